The first-order valence-corrected chi connectivity index (χ1v) is 15.7. The van der Waals surface area contributed by atoms with Gasteiger partial charge in [-0.25, -0.2) is 0 Å². The van der Waals surface area contributed by atoms with Crippen LogP contribution in [0.2, 0.25) is 0 Å². The first kappa shape index (κ1) is 28.3. The van der Waals surface area contributed by atoms with Gasteiger partial charge in [0.1, 0.15) is 17.2 Å². The molecule has 0 aromatic heterocycles. The van der Waals surface area contributed by atoms with Crippen LogP contribution in [0.25, 0.3) is 21.5 Å². The summed E-state index contributed by atoms with van der Waals surface area (Å²) in [6, 6.07) is 32.1. The maximum Gasteiger partial charge on any atom is 0.135 e. The maximum atomic E-state index is 6.47. The van der Waals surface area contributed by atoms with Crippen LogP contribution in [0.3, 0.4) is 0 Å². The van der Waals surface area contributed by atoms with Crippen LogP contribution in [0.1, 0.15) is 39.5 Å². The van der Waals surface area contributed by atoms with Crippen LogP contribution in [0.15, 0.2) is 111 Å². The second-order valence-corrected chi connectivity index (χ2v) is 12.0. The molecule has 0 spiro atoms. The molecular weight excluding hydrogens is 533 g/mol. The third-order valence-corrected chi connectivity index (χ3v) is 8.75. The lowest BCUT2D eigenvalue weighted by atomic mass is 10.0. The average molecular weight is 569 g/mol. The Balaban J connectivity index is 1.45. The molecular formula is C35H36O3S2. The van der Waals surface area contributed by atoms with E-state index < -0.39 is 0 Å². The summed E-state index contributed by atoms with van der Waals surface area (Å²) in [7, 11) is 1.69. The summed E-state index contributed by atoms with van der Waals surface area (Å²) in [5.74, 6) is 2.78. The molecule has 0 bridgehead atoms. The van der Waals surface area contributed by atoms with Crippen molar-refractivity contribution in [3.63, 3.8) is 0 Å². The van der Waals surface area contributed by atoms with Crippen molar-refractivity contribution in [2.24, 2.45) is 0 Å². The number of rotatable bonds is 13. The molecule has 0 unspecified atom stereocenters. The third-order valence-electron chi connectivity index (χ3n) is 6.74. The summed E-state index contributed by atoms with van der Waals surface area (Å²) in [6.07, 6.45) is 4.26. The van der Waals surface area contributed by atoms with Gasteiger partial charge in [-0.1, -0.05) is 74.5 Å². The van der Waals surface area contributed by atoms with Gasteiger partial charge < -0.3 is 14.2 Å². The van der Waals surface area contributed by atoms with Gasteiger partial charge in [-0.2, -0.15) is 0 Å². The van der Waals surface area contributed by atoms with Crippen LogP contribution >= 0.6 is 23.5 Å². The van der Waals surface area contributed by atoms with Gasteiger partial charge in [0.15, 0.2) is 0 Å². The van der Waals surface area contributed by atoms with Crippen LogP contribution in [0.5, 0.6) is 17.2 Å². The van der Waals surface area contributed by atoms with Gasteiger partial charge >= 0.3 is 0 Å². The number of methoxy groups -OCH3 is 1. The summed E-state index contributed by atoms with van der Waals surface area (Å²) < 4.78 is 18.2. The van der Waals surface area contributed by atoms with Crippen LogP contribution in [-0.4, -0.2) is 20.3 Å². The molecule has 5 aromatic rings. The Bertz CT molecular complexity index is 1550. The van der Waals surface area contributed by atoms with E-state index in [9.17, 15) is 0 Å². The van der Waals surface area contributed by atoms with Gasteiger partial charge in [0.05, 0.1) is 20.3 Å². The zero-order valence-corrected chi connectivity index (χ0v) is 25.1. The van der Waals surface area contributed by atoms with Crippen LogP contribution in [0.4, 0.5) is 0 Å². The molecule has 0 aliphatic rings. The van der Waals surface area contributed by atoms with E-state index in [1.807, 2.05) is 12.1 Å². The Kier molecular flexibility index (Phi) is 9.80. The number of benzene rings is 5. The number of fused-ring (bicyclic) bond motifs is 2. The molecule has 0 radical (unpaired) electrons. The summed E-state index contributed by atoms with van der Waals surface area (Å²) >= 11 is 3.52. The predicted molar refractivity (Wildman–Crippen MR) is 170 cm³/mol. The number of unbranched alkanes of at least 4 members (excludes halogenated alkanes) is 2. The summed E-state index contributed by atoms with van der Waals surface area (Å²) in [5, 5.41) is 4.44. The molecule has 0 fully saturated rings. The van der Waals surface area contributed by atoms with Gasteiger partial charge in [-0.15, -0.1) is 0 Å². The number of ether oxygens (including phenoxy) is 3. The highest BCUT2D eigenvalue weighted by Crippen LogP contribution is 2.45. The predicted octanol–water partition coefficient (Wildman–Crippen LogP) is 10.7. The minimum absolute atomic E-state index is 0.705. The summed E-state index contributed by atoms with van der Waals surface area (Å²) in [4.78, 5) is 4.78. The lowest BCUT2D eigenvalue weighted by Gasteiger charge is -2.18. The van der Waals surface area contributed by atoms with Crippen molar-refractivity contribution in [2.75, 3.05) is 20.3 Å². The van der Waals surface area contributed by atoms with E-state index in [1.54, 1.807) is 30.6 Å². The SMILES string of the molecule is CCCCOc1c2ccccc2c(OCCCC)c2cc(Sc3ccc(Sc4ccc(OC)cc4)cc3)ccc12. The fourth-order valence-corrected chi connectivity index (χ4v) is 6.26. The molecule has 5 aromatic carbocycles. The zero-order chi connectivity index (χ0) is 27.7. The molecule has 5 rings (SSSR count). The molecule has 0 aliphatic heterocycles. The quantitative estimate of drug-likeness (QED) is 0.104. The minimum Gasteiger partial charge on any atom is -0.497 e. The lowest BCUT2D eigenvalue weighted by Crippen LogP contribution is -2.02. The second-order valence-electron chi connectivity index (χ2n) is 9.67. The normalized spacial score (nSPS) is 11.2. The largest absolute Gasteiger partial charge is 0.497 e. The molecule has 0 saturated carbocycles. The Morgan fingerprint density at radius 2 is 0.975 bits per heavy atom. The van der Waals surface area contributed by atoms with E-state index in [2.05, 4.69) is 92.7 Å². The van der Waals surface area contributed by atoms with E-state index >= 15 is 0 Å². The number of hydrogen-bond donors (Lipinski definition) is 0. The molecule has 0 amide bonds. The van der Waals surface area contributed by atoms with Crippen LogP contribution in [-0.2, 0) is 0 Å². The van der Waals surface area contributed by atoms with Crippen LogP contribution in [0, 0.1) is 0 Å². The average Bonchev–Trinajstić information content (AvgIpc) is 2.99. The van der Waals surface area contributed by atoms with Crippen molar-refractivity contribution in [3.8, 4) is 17.2 Å². The Labute approximate surface area is 246 Å². The van der Waals surface area contributed by atoms with Gasteiger partial charge in [0.2, 0.25) is 0 Å². The molecule has 3 nitrogen and oxygen atoms in total. The maximum absolute atomic E-state index is 6.47. The van der Waals surface area contributed by atoms with Crippen molar-refractivity contribution < 1.29 is 14.2 Å². The van der Waals surface area contributed by atoms with Crippen molar-refractivity contribution >= 4 is 45.1 Å². The molecule has 0 heterocycles. The van der Waals surface area contributed by atoms with E-state index in [0.29, 0.717) is 13.2 Å². The first-order valence-electron chi connectivity index (χ1n) is 14.0. The highest BCUT2D eigenvalue weighted by atomic mass is 32.2. The third kappa shape index (κ3) is 6.71. The van der Waals surface area contributed by atoms with Gasteiger partial charge in [-0.05, 0) is 79.6 Å². The Morgan fingerprint density at radius 3 is 1.50 bits per heavy atom. The summed E-state index contributed by atoms with van der Waals surface area (Å²) in [5.41, 5.74) is 0. The smallest absolute Gasteiger partial charge is 0.135 e. The Hall–Kier alpha value is -3.28. The highest BCUT2D eigenvalue weighted by Gasteiger charge is 2.17. The second kappa shape index (κ2) is 13.9. The van der Waals surface area contributed by atoms with Crippen molar-refractivity contribution in [3.05, 3.63) is 91.0 Å². The minimum atomic E-state index is 0.705. The van der Waals surface area contributed by atoms with Crippen molar-refractivity contribution in [1.82, 2.24) is 0 Å². The van der Waals surface area contributed by atoms with Gasteiger partial charge in [-0.3, -0.25) is 0 Å². The monoisotopic (exact) mass is 568 g/mol. The fourth-order valence-electron chi connectivity index (χ4n) is 4.58. The topological polar surface area (TPSA) is 27.7 Å². The Morgan fingerprint density at radius 1 is 0.525 bits per heavy atom. The van der Waals surface area contributed by atoms with Crippen molar-refractivity contribution in [2.45, 2.75) is 59.1 Å². The molecule has 0 saturated heterocycles. The summed E-state index contributed by atoms with van der Waals surface area (Å²) in [6.45, 7) is 5.80. The van der Waals surface area contributed by atoms with Gasteiger partial charge in [0, 0.05) is 41.1 Å². The standard InChI is InChI=1S/C35H36O3S2/c1-4-6-22-37-34-30-10-8-9-11-31(30)35(38-23-7-5-2)33-24-29(20-21-32(33)34)40-28-18-16-27(17-19-28)39-26-14-12-25(36-3)13-15-26/h8-21,24H,4-7,22-23H2,1-3H3. The van der Waals surface area contributed by atoms with Crippen LogP contribution < -0.4 is 14.2 Å². The molecule has 40 heavy (non-hydrogen) atoms. The lowest BCUT2D eigenvalue weighted by molar-refractivity contribution is 0.311. The molecule has 0 atom stereocenters. The van der Waals surface area contributed by atoms with E-state index in [1.165, 1.54) is 19.6 Å². The van der Waals surface area contributed by atoms with E-state index in [4.69, 9.17) is 14.2 Å². The van der Waals surface area contributed by atoms with E-state index in [-0.39, 0.29) is 0 Å². The fraction of sp³-hybridized carbons (Fsp3) is 0.257. The molecule has 0 aliphatic carbocycles. The van der Waals surface area contributed by atoms with Crippen molar-refractivity contribution in [1.29, 1.82) is 0 Å². The molecule has 5 heteroatoms. The number of hydrogen-bond acceptors (Lipinski definition) is 5. The molecule has 206 valence electrons. The zero-order valence-electron chi connectivity index (χ0n) is 23.4. The van der Waals surface area contributed by atoms with Gasteiger partial charge in [0.25, 0.3) is 0 Å². The molecule has 0 N–H and O–H groups in total. The van der Waals surface area contributed by atoms with E-state index in [0.717, 1.165) is 64.5 Å². The highest BCUT2D eigenvalue weighted by molar-refractivity contribution is 7.99. The first-order chi connectivity index (χ1) is 19.7.